The number of cyclic esters (lactones) is 1. The Bertz CT molecular complexity index is 376. The van der Waals surface area contributed by atoms with E-state index < -0.39 is 0 Å². The number of rotatable bonds is 2. The lowest BCUT2D eigenvalue weighted by molar-refractivity contribution is -0.138. The van der Waals surface area contributed by atoms with Gasteiger partial charge in [0.05, 0.1) is 6.54 Å². The molecular weight excluding hydrogens is 218 g/mol. The van der Waals surface area contributed by atoms with Gasteiger partial charge in [-0.25, -0.2) is 4.79 Å². The Morgan fingerprint density at radius 1 is 1.53 bits per heavy atom. The van der Waals surface area contributed by atoms with Crippen LogP contribution in [-0.4, -0.2) is 40.4 Å². The van der Waals surface area contributed by atoms with Gasteiger partial charge in [0.1, 0.15) is 6.10 Å². The van der Waals surface area contributed by atoms with Crippen molar-refractivity contribution in [2.75, 3.05) is 12.3 Å². The maximum absolute atomic E-state index is 11.5. The molecule has 2 aliphatic rings. The Kier molecular flexibility index (Phi) is 2.52. The zero-order chi connectivity index (χ0) is 11.0. The van der Waals surface area contributed by atoms with Crippen LogP contribution < -0.4 is 0 Å². The van der Waals surface area contributed by atoms with E-state index in [4.69, 9.17) is 4.74 Å². The minimum atomic E-state index is -0.366. The molecule has 1 atom stereocenters. The Morgan fingerprint density at radius 2 is 2.27 bits per heavy atom. The predicted octanol–water partition coefficient (Wildman–Crippen LogP) is 0.553. The minimum absolute atomic E-state index is 0.157. The normalized spacial score (nSPS) is 25.9. The van der Waals surface area contributed by atoms with Crippen molar-refractivity contribution in [3.63, 3.8) is 0 Å². The third kappa shape index (κ3) is 1.90. The zero-order valence-corrected chi connectivity index (χ0v) is 8.87. The van der Waals surface area contributed by atoms with Crippen LogP contribution >= 0.6 is 11.8 Å². The van der Waals surface area contributed by atoms with E-state index in [1.165, 1.54) is 6.08 Å². The van der Waals surface area contributed by atoms with Crippen LogP contribution in [0.1, 0.15) is 6.92 Å². The largest absolute Gasteiger partial charge is 0.451 e. The van der Waals surface area contributed by atoms with E-state index in [2.05, 4.69) is 0 Å². The summed E-state index contributed by atoms with van der Waals surface area (Å²) < 4.78 is 4.91. The molecule has 15 heavy (non-hydrogen) atoms. The fourth-order valence-corrected chi connectivity index (χ4v) is 2.17. The lowest BCUT2D eigenvalue weighted by Gasteiger charge is -2.17. The quantitative estimate of drug-likeness (QED) is 0.509. The molecule has 2 amide bonds. The molecule has 0 aromatic rings. The Morgan fingerprint density at radius 3 is 2.73 bits per heavy atom. The molecule has 6 heteroatoms. The predicted molar refractivity (Wildman–Crippen MR) is 53.2 cm³/mol. The van der Waals surface area contributed by atoms with E-state index in [1.807, 2.05) is 0 Å². The van der Waals surface area contributed by atoms with E-state index in [1.54, 1.807) is 6.92 Å². The topological polar surface area (TPSA) is 63.7 Å². The van der Waals surface area contributed by atoms with E-state index in [9.17, 15) is 14.4 Å². The summed E-state index contributed by atoms with van der Waals surface area (Å²) in [4.78, 5) is 34.7. The van der Waals surface area contributed by atoms with Crippen molar-refractivity contribution in [2.24, 2.45) is 0 Å². The van der Waals surface area contributed by atoms with Gasteiger partial charge in [-0.1, -0.05) is 0 Å². The third-order valence-electron chi connectivity index (χ3n) is 2.22. The number of carbonyl (C=O) groups is 3. The van der Waals surface area contributed by atoms with Crippen molar-refractivity contribution in [3.05, 3.63) is 11.6 Å². The number of thioether (sulfide) groups is 1. The first kappa shape index (κ1) is 10.2. The fourth-order valence-electron chi connectivity index (χ4n) is 1.47. The monoisotopic (exact) mass is 227 g/mol. The van der Waals surface area contributed by atoms with Gasteiger partial charge in [0.15, 0.2) is 0 Å². The number of hydrogen-bond donors (Lipinski definition) is 0. The zero-order valence-electron chi connectivity index (χ0n) is 8.06. The highest BCUT2D eigenvalue weighted by atomic mass is 32.2. The maximum atomic E-state index is 11.5. The molecule has 1 saturated heterocycles. The fraction of sp³-hybridized carbons (Fsp3) is 0.444. The Hall–Kier alpha value is -1.30. The Balaban J connectivity index is 1.99. The molecule has 2 rings (SSSR count). The SMILES string of the molecule is CC1=CC(=O)N(CC2CSC(=O)O2)C1=O. The molecule has 80 valence electrons. The standard InChI is InChI=1S/C9H9NO4S/c1-5-2-7(11)10(8(5)12)3-6-4-15-9(13)14-6/h2,6H,3-4H2,1H3. The average Bonchev–Trinajstić information content (AvgIpc) is 2.67. The molecule has 0 aromatic carbocycles. The molecule has 0 N–H and O–H groups in total. The van der Waals surface area contributed by atoms with Crippen LogP contribution in [0.4, 0.5) is 4.79 Å². The van der Waals surface area contributed by atoms with Crippen molar-refractivity contribution in [1.29, 1.82) is 0 Å². The van der Waals surface area contributed by atoms with Crippen LogP contribution in [0, 0.1) is 0 Å². The van der Waals surface area contributed by atoms with Crippen molar-refractivity contribution in [2.45, 2.75) is 13.0 Å². The van der Waals surface area contributed by atoms with Crippen molar-refractivity contribution >= 4 is 28.9 Å². The molecule has 2 aliphatic heterocycles. The molecule has 0 aromatic heterocycles. The molecule has 1 unspecified atom stereocenters. The van der Waals surface area contributed by atoms with Crippen LogP contribution in [0.15, 0.2) is 11.6 Å². The summed E-state index contributed by atoms with van der Waals surface area (Å²) in [6, 6.07) is 0. The number of ether oxygens (including phenoxy) is 1. The van der Waals surface area contributed by atoms with Gasteiger partial charge >= 0.3 is 5.30 Å². The second-order valence-electron chi connectivity index (χ2n) is 3.38. The smallest absolute Gasteiger partial charge is 0.367 e. The second kappa shape index (κ2) is 3.69. The highest BCUT2D eigenvalue weighted by molar-refractivity contribution is 8.13. The van der Waals surface area contributed by atoms with E-state index >= 15 is 0 Å². The number of carbonyl (C=O) groups excluding carboxylic acids is 3. The first-order chi connectivity index (χ1) is 7.08. The first-order valence-electron chi connectivity index (χ1n) is 4.45. The van der Waals surface area contributed by atoms with E-state index in [0.29, 0.717) is 11.3 Å². The van der Waals surface area contributed by atoms with Gasteiger partial charge < -0.3 is 4.74 Å². The average molecular weight is 227 g/mol. The molecule has 0 spiro atoms. The van der Waals surface area contributed by atoms with E-state index in [0.717, 1.165) is 16.7 Å². The van der Waals surface area contributed by atoms with Crippen LogP contribution in [0.25, 0.3) is 0 Å². The van der Waals surface area contributed by atoms with Gasteiger partial charge in [-0.15, -0.1) is 0 Å². The van der Waals surface area contributed by atoms with Crippen LogP contribution in [0.5, 0.6) is 0 Å². The van der Waals surface area contributed by atoms with Crippen LogP contribution in [-0.2, 0) is 14.3 Å². The summed E-state index contributed by atoms with van der Waals surface area (Å²) >= 11 is 1.06. The van der Waals surface area contributed by atoms with Gasteiger partial charge in [0.2, 0.25) is 0 Å². The van der Waals surface area contributed by atoms with Gasteiger partial charge in [-0.05, 0) is 18.7 Å². The van der Waals surface area contributed by atoms with Gasteiger partial charge in [0, 0.05) is 17.4 Å². The summed E-state index contributed by atoms with van der Waals surface area (Å²) in [6.45, 7) is 1.75. The first-order valence-corrected chi connectivity index (χ1v) is 5.44. The molecule has 0 bridgehead atoms. The number of amides is 2. The van der Waals surface area contributed by atoms with Crippen LogP contribution in [0.3, 0.4) is 0 Å². The summed E-state index contributed by atoms with van der Waals surface area (Å²) in [5.41, 5.74) is 0.428. The van der Waals surface area contributed by atoms with Gasteiger partial charge in [-0.3, -0.25) is 14.5 Å². The van der Waals surface area contributed by atoms with Gasteiger partial charge in [0.25, 0.3) is 11.8 Å². The van der Waals surface area contributed by atoms with Crippen molar-refractivity contribution < 1.29 is 19.1 Å². The summed E-state index contributed by atoms with van der Waals surface area (Å²) in [6.07, 6.45) is 0.932. The molecule has 0 saturated carbocycles. The third-order valence-corrected chi connectivity index (χ3v) is 3.10. The number of nitrogens with zero attached hydrogens (tertiary/aromatic N) is 1. The minimum Gasteiger partial charge on any atom is -0.451 e. The number of hydrogen-bond acceptors (Lipinski definition) is 5. The summed E-state index contributed by atoms with van der Waals surface area (Å²) in [7, 11) is 0. The second-order valence-corrected chi connectivity index (χ2v) is 4.34. The van der Waals surface area contributed by atoms with Gasteiger partial charge in [-0.2, -0.15) is 0 Å². The highest BCUT2D eigenvalue weighted by Crippen LogP contribution is 2.22. The van der Waals surface area contributed by atoms with Crippen molar-refractivity contribution in [3.8, 4) is 0 Å². The van der Waals surface area contributed by atoms with Crippen molar-refractivity contribution in [1.82, 2.24) is 4.90 Å². The molecule has 0 radical (unpaired) electrons. The summed E-state index contributed by atoms with van der Waals surface area (Å²) in [5.74, 6) is -0.132. The number of imide groups is 1. The summed E-state index contributed by atoms with van der Waals surface area (Å²) in [5, 5.41) is -0.344. The molecule has 2 heterocycles. The lowest BCUT2D eigenvalue weighted by Crippen LogP contribution is -2.38. The van der Waals surface area contributed by atoms with Crippen LogP contribution in [0.2, 0.25) is 0 Å². The molecule has 1 fully saturated rings. The lowest BCUT2D eigenvalue weighted by atomic mass is 10.3. The molecular formula is C9H9NO4S. The van der Waals surface area contributed by atoms with E-state index in [-0.39, 0.29) is 29.8 Å². The maximum Gasteiger partial charge on any atom is 0.367 e. The molecule has 0 aliphatic carbocycles. The Labute approximate surface area is 90.4 Å². The highest BCUT2D eigenvalue weighted by Gasteiger charge is 2.34. The molecule has 5 nitrogen and oxygen atoms in total.